The van der Waals surface area contributed by atoms with Gasteiger partial charge in [0.1, 0.15) is 0 Å². The highest BCUT2D eigenvalue weighted by molar-refractivity contribution is 9.09. The van der Waals surface area contributed by atoms with Gasteiger partial charge in [-0.3, -0.25) is 10.1 Å². The molecule has 0 radical (unpaired) electrons. The zero-order valence-corrected chi connectivity index (χ0v) is 9.94. The maximum atomic E-state index is 10.8. The Kier molecular flexibility index (Phi) is 4.71. The van der Waals surface area contributed by atoms with Gasteiger partial charge in [-0.2, -0.15) is 0 Å². The summed E-state index contributed by atoms with van der Waals surface area (Å²) in [7, 11) is 0. The van der Waals surface area contributed by atoms with E-state index in [0.29, 0.717) is 17.5 Å². The molecule has 0 heterocycles. The number of nitro groups is 1. The third-order valence-corrected chi connectivity index (χ3v) is 2.58. The molecule has 82 valence electrons. The van der Waals surface area contributed by atoms with Crippen LogP contribution in [0.3, 0.4) is 0 Å². The van der Waals surface area contributed by atoms with Crippen molar-refractivity contribution in [2.45, 2.75) is 13.0 Å². The average molecular weight is 274 g/mol. The van der Waals surface area contributed by atoms with E-state index in [9.17, 15) is 10.1 Å². The van der Waals surface area contributed by atoms with Gasteiger partial charge in [-0.25, -0.2) is 0 Å². The van der Waals surface area contributed by atoms with Crippen molar-refractivity contribution >= 4 is 21.6 Å². The lowest BCUT2D eigenvalue weighted by Gasteiger charge is -2.14. The van der Waals surface area contributed by atoms with E-state index in [2.05, 4.69) is 15.9 Å². The minimum absolute atomic E-state index is 0.107. The third-order valence-electron chi connectivity index (χ3n) is 1.99. The minimum atomic E-state index is -0.385. The van der Waals surface area contributed by atoms with Gasteiger partial charge in [0.15, 0.2) is 0 Å². The molecule has 0 spiro atoms. The number of para-hydroxylation sites is 1. The molecule has 0 amide bonds. The van der Waals surface area contributed by atoms with Crippen LogP contribution >= 0.6 is 15.9 Å². The topological polar surface area (TPSA) is 52.4 Å². The smallest absolute Gasteiger partial charge is 0.275 e. The SMILES string of the molecule is CCOC(CBr)c1ccccc1[N+](=O)[O-]. The maximum Gasteiger partial charge on any atom is 0.275 e. The predicted octanol–water partition coefficient (Wildman–Crippen LogP) is 3.07. The number of nitrogens with zero attached hydrogens (tertiary/aromatic N) is 1. The maximum absolute atomic E-state index is 10.8. The summed E-state index contributed by atoms with van der Waals surface area (Å²) in [5, 5.41) is 11.3. The van der Waals surface area contributed by atoms with Crippen LogP contribution in [0.4, 0.5) is 5.69 Å². The van der Waals surface area contributed by atoms with Crippen LogP contribution < -0.4 is 0 Å². The average Bonchev–Trinajstić information content (AvgIpc) is 2.26. The second-order valence-electron chi connectivity index (χ2n) is 2.91. The van der Waals surface area contributed by atoms with Crippen molar-refractivity contribution in [2.75, 3.05) is 11.9 Å². The molecule has 0 aliphatic heterocycles. The number of benzene rings is 1. The molecule has 0 N–H and O–H groups in total. The first-order valence-corrected chi connectivity index (χ1v) is 5.73. The fourth-order valence-corrected chi connectivity index (χ4v) is 1.88. The first-order valence-electron chi connectivity index (χ1n) is 4.61. The van der Waals surface area contributed by atoms with Gasteiger partial charge in [0.05, 0.1) is 16.6 Å². The van der Waals surface area contributed by atoms with E-state index in [-0.39, 0.29) is 16.7 Å². The predicted molar refractivity (Wildman–Crippen MR) is 61.3 cm³/mol. The molecule has 1 aromatic carbocycles. The van der Waals surface area contributed by atoms with Gasteiger partial charge in [0.2, 0.25) is 0 Å². The second kappa shape index (κ2) is 5.82. The lowest BCUT2D eigenvalue weighted by atomic mass is 10.1. The molecule has 1 atom stereocenters. The first-order chi connectivity index (χ1) is 7.20. The lowest BCUT2D eigenvalue weighted by Crippen LogP contribution is -2.08. The summed E-state index contributed by atoms with van der Waals surface area (Å²) in [6.45, 7) is 2.40. The molecule has 1 unspecified atom stereocenters. The molecular weight excluding hydrogens is 262 g/mol. The molecule has 1 aromatic rings. The van der Waals surface area contributed by atoms with E-state index < -0.39 is 0 Å². The molecule has 0 saturated heterocycles. The Balaban J connectivity index is 3.04. The van der Waals surface area contributed by atoms with Gasteiger partial charge in [-0.05, 0) is 13.0 Å². The van der Waals surface area contributed by atoms with Crippen LogP contribution in [0.2, 0.25) is 0 Å². The molecule has 0 aliphatic carbocycles. The molecule has 1 rings (SSSR count). The Morgan fingerprint density at radius 3 is 2.73 bits per heavy atom. The highest BCUT2D eigenvalue weighted by atomic mass is 79.9. The van der Waals surface area contributed by atoms with Crippen LogP contribution in [0.15, 0.2) is 24.3 Å². The van der Waals surface area contributed by atoms with Crippen molar-refractivity contribution in [3.8, 4) is 0 Å². The summed E-state index contributed by atoms with van der Waals surface area (Å²) in [6.07, 6.45) is -0.267. The molecular formula is C10H12BrNO3. The Labute approximate surface area is 96.5 Å². The molecule has 0 bridgehead atoms. The Bertz CT molecular complexity index is 343. The third kappa shape index (κ3) is 3.00. The summed E-state index contributed by atoms with van der Waals surface area (Å²) in [5.41, 5.74) is 0.719. The Morgan fingerprint density at radius 2 is 2.20 bits per heavy atom. The Morgan fingerprint density at radius 1 is 1.53 bits per heavy atom. The van der Waals surface area contributed by atoms with Crippen LogP contribution in [0.1, 0.15) is 18.6 Å². The van der Waals surface area contributed by atoms with Gasteiger partial charge in [-0.15, -0.1) is 0 Å². The molecule has 0 aliphatic rings. The standard InChI is InChI=1S/C10H12BrNO3/c1-2-15-10(7-11)8-5-3-4-6-9(8)12(13)14/h3-6,10H,2,7H2,1H3. The van der Waals surface area contributed by atoms with Crippen LogP contribution in [0.5, 0.6) is 0 Å². The van der Waals surface area contributed by atoms with Crippen LogP contribution in [-0.2, 0) is 4.74 Å². The monoisotopic (exact) mass is 273 g/mol. The van der Waals surface area contributed by atoms with Crippen molar-refractivity contribution in [1.29, 1.82) is 0 Å². The highest BCUT2D eigenvalue weighted by Crippen LogP contribution is 2.28. The number of hydrogen-bond acceptors (Lipinski definition) is 3. The number of ether oxygens (including phenoxy) is 1. The van der Waals surface area contributed by atoms with Crippen molar-refractivity contribution < 1.29 is 9.66 Å². The summed E-state index contributed by atoms with van der Waals surface area (Å²) >= 11 is 3.29. The Hall–Kier alpha value is -0.940. The fraction of sp³-hybridized carbons (Fsp3) is 0.400. The quantitative estimate of drug-likeness (QED) is 0.471. The molecule has 0 saturated carbocycles. The summed E-state index contributed by atoms with van der Waals surface area (Å²) in [6, 6.07) is 6.64. The fourth-order valence-electron chi connectivity index (χ4n) is 1.34. The van der Waals surface area contributed by atoms with Gasteiger partial charge in [-0.1, -0.05) is 28.1 Å². The van der Waals surface area contributed by atoms with Gasteiger partial charge in [0.25, 0.3) is 5.69 Å². The molecule has 0 fully saturated rings. The number of rotatable bonds is 5. The lowest BCUT2D eigenvalue weighted by molar-refractivity contribution is -0.386. The van der Waals surface area contributed by atoms with E-state index in [1.54, 1.807) is 18.2 Å². The summed E-state index contributed by atoms with van der Waals surface area (Å²) < 4.78 is 5.42. The zero-order valence-electron chi connectivity index (χ0n) is 8.35. The highest BCUT2D eigenvalue weighted by Gasteiger charge is 2.20. The molecule has 4 nitrogen and oxygen atoms in total. The first kappa shape index (κ1) is 12.1. The van der Waals surface area contributed by atoms with Gasteiger partial charge < -0.3 is 4.74 Å². The minimum Gasteiger partial charge on any atom is -0.373 e. The van der Waals surface area contributed by atoms with E-state index >= 15 is 0 Å². The van der Waals surface area contributed by atoms with Gasteiger partial charge >= 0.3 is 0 Å². The summed E-state index contributed by atoms with van der Waals surface area (Å²) in [4.78, 5) is 10.4. The van der Waals surface area contributed by atoms with Crippen molar-refractivity contribution in [2.24, 2.45) is 0 Å². The van der Waals surface area contributed by atoms with Crippen LogP contribution in [0.25, 0.3) is 0 Å². The summed E-state index contributed by atoms with van der Waals surface area (Å²) in [5.74, 6) is 0. The molecule has 5 heteroatoms. The molecule has 15 heavy (non-hydrogen) atoms. The van der Waals surface area contributed by atoms with Crippen LogP contribution in [0, 0.1) is 10.1 Å². The molecule has 0 aromatic heterocycles. The zero-order chi connectivity index (χ0) is 11.3. The van der Waals surface area contributed by atoms with Crippen LogP contribution in [-0.4, -0.2) is 16.9 Å². The van der Waals surface area contributed by atoms with Crippen molar-refractivity contribution in [1.82, 2.24) is 0 Å². The van der Waals surface area contributed by atoms with Crippen molar-refractivity contribution in [3.63, 3.8) is 0 Å². The number of nitro benzene ring substituents is 1. The van der Waals surface area contributed by atoms with Crippen molar-refractivity contribution in [3.05, 3.63) is 39.9 Å². The number of alkyl halides is 1. The van der Waals surface area contributed by atoms with E-state index in [4.69, 9.17) is 4.74 Å². The number of halogens is 1. The second-order valence-corrected chi connectivity index (χ2v) is 3.56. The normalized spacial score (nSPS) is 12.4. The van der Waals surface area contributed by atoms with E-state index in [1.807, 2.05) is 6.92 Å². The number of hydrogen-bond donors (Lipinski definition) is 0. The van der Waals surface area contributed by atoms with E-state index in [0.717, 1.165) is 0 Å². The van der Waals surface area contributed by atoms with Gasteiger partial charge in [0, 0.05) is 18.0 Å². The largest absolute Gasteiger partial charge is 0.373 e. The van der Waals surface area contributed by atoms with E-state index in [1.165, 1.54) is 6.07 Å².